The zero-order valence-corrected chi connectivity index (χ0v) is 13.5. The summed E-state index contributed by atoms with van der Waals surface area (Å²) in [7, 11) is -3.85. The lowest BCUT2D eigenvalue weighted by molar-refractivity contribution is 0.101. The second kappa shape index (κ2) is 8.73. The van der Waals surface area contributed by atoms with Crippen LogP contribution >= 0.6 is 7.60 Å². The predicted octanol–water partition coefficient (Wildman–Crippen LogP) is 4.51. The van der Waals surface area contributed by atoms with E-state index >= 15 is 0 Å². The van der Waals surface area contributed by atoms with Gasteiger partial charge in [0, 0.05) is 5.56 Å². The number of hydrogen-bond donors (Lipinski definition) is 0. The average molecular weight is 308 g/mol. The van der Waals surface area contributed by atoms with Gasteiger partial charge in [0.25, 0.3) is 5.52 Å². The summed E-state index contributed by atoms with van der Waals surface area (Å²) in [5, 5.41) is 0. The van der Waals surface area contributed by atoms with Gasteiger partial charge in [-0.15, -0.1) is 0 Å². The van der Waals surface area contributed by atoms with Crippen molar-refractivity contribution in [2.45, 2.75) is 20.8 Å². The highest BCUT2D eigenvalue weighted by atomic mass is 31.2. The molecule has 4 nitrogen and oxygen atoms in total. The van der Waals surface area contributed by atoms with E-state index in [0.717, 1.165) is 5.56 Å². The van der Waals surface area contributed by atoms with Crippen molar-refractivity contribution in [3.05, 3.63) is 59.7 Å². The van der Waals surface area contributed by atoms with Gasteiger partial charge in [0.05, 0.1) is 13.2 Å². The SMILES string of the molecule is CC=CCOP(=O)(OCC=CC)C(=O)c1ccc(C)cc1. The molecular weight excluding hydrogens is 287 g/mol. The van der Waals surface area contributed by atoms with Crippen LogP contribution in [0, 0.1) is 6.92 Å². The smallest absolute Gasteiger partial charge is 0.299 e. The van der Waals surface area contributed by atoms with E-state index in [4.69, 9.17) is 9.05 Å². The van der Waals surface area contributed by atoms with E-state index < -0.39 is 13.1 Å². The van der Waals surface area contributed by atoms with E-state index in [-0.39, 0.29) is 13.2 Å². The zero-order valence-electron chi connectivity index (χ0n) is 12.6. The molecule has 0 heterocycles. The first-order valence-electron chi connectivity index (χ1n) is 6.76. The Morgan fingerprint density at radius 2 is 1.52 bits per heavy atom. The lowest BCUT2D eigenvalue weighted by Gasteiger charge is -2.15. The molecule has 0 radical (unpaired) electrons. The van der Waals surface area contributed by atoms with Gasteiger partial charge in [0.1, 0.15) is 0 Å². The second-order valence-electron chi connectivity index (χ2n) is 4.40. The topological polar surface area (TPSA) is 52.6 Å². The molecule has 21 heavy (non-hydrogen) atoms. The Labute approximate surface area is 126 Å². The summed E-state index contributed by atoms with van der Waals surface area (Å²) in [6, 6.07) is 6.83. The lowest BCUT2D eigenvalue weighted by atomic mass is 10.2. The Bertz CT molecular complexity index is 538. The summed E-state index contributed by atoms with van der Waals surface area (Å²) in [5.41, 5.74) is 0.729. The first-order valence-corrected chi connectivity index (χ1v) is 8.30. The van der Waals surface area contributed by atoms with Crippen molar-refractivity contribution >= 4 is 13.1 Å². The number of carbonyl (C=O) groups is 1. The minimum Gasteiger partial charge on any atom is -0.299 e. The van der Waals surface area contributed by atoms with Gasteiger partial charge >= 0.3 is 7.60 Å². The van der Waals surface area contributed by atoms with Gasteiger partial charge in [-0.25, -0.2) is 0 Å². The molecule has 0 unspecified atom stereocenters. The molecule has 5 heteroatoms. The van der Waals surface area contributed by atoms with Crippen molar-refractivity contribution < 1.29 is 18.4 Å². The highest BCUT2D eigenvalue weighted by molar-refractivity contribution is 7.72. The van der Waals surface area contributed by atoms with Crippen LogP contribution in [-0.2, 0) is 13.6 Å². The molecule has 1 aromatic carbocycles. The number of benzene rings is 1. The number of allylic oxidation sites excluding steroid dienone is 2. The summed E-state index contributed by atoms with van der Waals surface area (Å²) >= 11 is 0. The molecule has 1 aromatic rings. The molecule has 0 atom stereocenters. The van der Waals surface area contributed by atoms with Gasteiger partial charge in [0.15, 0.2) is 0 Å². The molecule has 0 saturated carbocycles. The van der Waals surface area contributed by atoms with Crippen LogP contribution in [0.25, 0.3) is 0 Å². The van der Waals surface area contributed by atoms with E-state index in [1.54, 1.807) is 48.6 Å². The van der Waals surface area contributed by atoms with E-state index in [0.29, 0.717) is 5.56 Å². The summed E-state index contributed by atoms with van der Waals surface area (Å²) < 4.78 is 23.1. The third-order valence-electron chi connectivity index (χ3n) is 2.70. The minimum atomic E-state index is -3.85. The molecule has 0 aliphatic carbocycles. The zero-order chi connectivity index (χ0) is 15.7. The average Bonchev–Trinajstić information content (AvgIpc) is 2.48. The van der Waals surface area contributed by atoms with Crippen LogP contribution in [0.15, 0.2) is 48.6 Å². The Morgan fingerprint density at radius 1 is 1.05 bits per heavy atom. The lowest BCUT2D eigenvalue weighted by Crippen LogP contribution is -2.08. The molecule has 0 aliphatic rings. The molecule has 0 amide bonds. The first-order chi connectivity index (χ1) is 10.0. The molecule has 0 spiro atoms. The van der Waals surface area contributed by atoms with Gasteiger partial charge < -0.3 is 0 Å². The van der Waals surface area contributed by atoms with Crippen molar-refractivity contribution in [1.82, 2.24) is 0 Å². The largest absolute Gasteiger partial charge is 0.402 e. The normalized spacial score (nSPS) is 14.6. The highest BCUT2D eigenvalue weighted by Crippen LogP contribution is 2.51. The summed E-state index contributed by atoms with van der Waals surface area (Å²) in [6.07, 6.45) is 6.86. The molecule has 0 fully saturated rings. The molecule has 0 aromatic heterocycles. The molecule has 0 N–H and O–H groups in total. The summed E-state index contributed by atoms with van der Waals surface area (Å²) in [4.78, 5) is 12.4. The van der Waals surface area contributed by atoms with Crippen molar-refractivity contribution in [2.75, 3.05) is 13.2 Å². The Balaban J connectivity index is 2.95. The fourth-order valence-electron chi connectivity index (χ4n) is 1.48. The van der Waals surface area contributed by atoms with Crippen molar-refractivity contribution in [2.24, 2.45) is 0 Å². The van der Waals surface area contributed by atoms with Gasteiger partial charge in [-0.05, 0) is 20.8 Å². The Hall–Kier alpha value is -1.48. The number of hydrogen-bond acceptors (Lipinski definition) is 4. The molecule has 0 bridgehead atoms. The van der Waals surface area contributed by atoms with Crippen molar-refractivity contribution in [3.8, 4) is 0 Å². The van der Waals surface area contributed by atoms with Crippen LogP contribution in [0.3, 0.4) is 0 Å². The fraction of sp³-hybridized carbons (Fsp3) is 0.312. The van der Waals surface area contributed by atoms with Crippen LogP contribution in [0.2, 0.25) is 0 Å². The van der Waals surface area contributed by atoms with Gasteiger partial charge in [-0.3, -0.25) is 18.4 Å². The predicted molar refractivity (Wildman–Crippen MR) is 84.6 cm³/mol. The minimum absolute atomic E-state index is 0.0707. The van der Waals surface area contributed by atoms with Crippen LogP contribution in [0.4, 0.5) is 0 Å². The van der Waals surface area contributed by atoms with Gasteiger partial charge in [-0.2, -0.15) is 0 Å². The maximum Gasteiger partial charge on any atom is 0.402 e. The standard InChI is InChI=1S/C16H21O4P/c1-4-6-12-19-21(18,20-13-7-5-2)16(17)15-10-8-14(3)9-11-15/h4-11H,12-13H2,1-3H3. The number of aryl methyl sites for hydroxylation is 1. The number of carbonyl (C=O) groups excluding carboxylic acids is 1. The Kier molecular flexibility index (Phi) is 7.30. The Morgan fingerprint density at radius 3 is 1.95 bits per heavy atom. The second-order valence-corrected chi connectivity index (χ2v) is 6.32. The highest BCUT2D eigenvalue weighted by Gasteiger charge is 2.35. The van der Waals surface area contributed by atoms with Crippen LogP contribution < -0.4 is 0 Å². The van der Waals surface area contributed by atoms with E-state index in [9.17, 15) is 9.36 Å². The summed E-state index contributed by atoms with van der Waals surface area (Å²) in [6.45, 7) is 5.69. The first kappa shape index (κ1) is 17.6. The molecule has 114 valence electrons. The molecular formula is C16H21O4P. The quantitative estimate of drug-likeness (QED) is 0.523. The van der Waals surface area contributed by atoms with Crippen LogP contribution in [-0.4, -0.2) is 18.7 Å². The van der Waals surface area contributed by atoms with Crippen LogP contribution in [0.5, 0.6) is 0 Å². The molecule has 0 saturated heterocycles. The summed E-state index contributed by atoms with van der Waals surface area (Å²) in [5.74, 6) is 0. The van der Waals surface area contributed by atoms with Crippen LogP contribution in [0.1, 0.15) is 29.8 Å². The maximum atomic E-state index is 12.7. The molecule has 0 aliphatic heterocycles. The molecule has 1 rings (SSSR count). The van der Waals surface area contributed by atoms with Gasteiger partial charge in [-0.1, -0.05) is 54.1 Å². The van der Waals surface area contributed by atoms with E-state index in [2.05, 4.69) is 0 Å². The van der Waals surface area contributed by atoms with Crippen molar-refractivity contribution in [1.29, 1.82) is 0 Å². The third-order valence-corrected chi connectivity index (χ3v) is 4.43. The maximum absolute atomic E-state index is 12.7. The van der Waals surface area contributed by atoms with E-state index in [1.165, 1.54) is 0 Å². The van der Waals surface area contributed by atoms with Gasteiger partial charge in [0.2, 0.25) is 0 Å². The monoisotopic (exact) mass is 308 g/mol. The number of rotatable bonds is 8. The third kappa shape index (κ3) is 5.43. The fourth-order valence-corrected chi connectivity index (χ4v) is 2.82. The van der Waals surface area contributed by atoms with E-state index in [1.807, 2.05) is 20.8 Å². The van der Waals surface area contributed by atoms with Crippen molar-refractivity contribution in [3.63, 3.8) is 0 Å².